The van der Waals surface area contributed by atoms with Gasteiger partial charge in [-0.05, 0) is 42.8 Å². The lowest BCUT2D eigenvalue weighted by Gasteiger charge is -2.10. The summed E-state index contributed by atoms with van der Waals surface area (Å²) in [4.78, 5) is 16.3. The first kappa shape index (κ1) is 17.4. The van der Waals surface area contributed by atoms with Gasteiger partial charge in [0.2, 0.25) is 5.91 Å². The van der Waals surface area contributed by atoms with Gasteiger partial charge >= 0.3 is 0 Å². The Labute approximate surface area is 155 Å². The van der Waals surface area contributed by atoms with Crippen LogP contribution in [0.25, 0.3) is 11.0 Å². The molecule has 4 nitrogen and oxygen atoms in total. The van der Waals surface area contributed by atoms with Gasteiger partial charge in [-0.3, -0.25) is 4.79 Å². The number of carbonyl (C=O) groups is 1. The number of halogens is 1. The lowest BCUT2D eigenvalue weighted by Crippen LogP contribution is -2.24. The molecular weight excluding hydrogens is 378 g/mol. The van der Waals surface area contributed by atoms with E-state index in [1.165, 1.54) is 11.6 Å². The fourth-order valence-corrected chi connectivity index (χ4v) is 3.04. The van der Waals surface area contributed by atoms with Crippen LogP contribution in [0.4, 0.5) is 0 Å². The summed E-state index contributed by atoms with van der Waals surface area (Å²) in [6.45, 7) is 3.15. The molecule has 0 fully saturated rings. The van der Waals surface area contributed by atoms with Crippen LogP contribution in [0.1, 0.15) is 18.3 Å². The van der Waals surface area contributed by atoms with E-state index >= 15 is 0 Å². The average Bonchev–Trinajstić information content (AvgIpc) is 2.95. The van der Waals surface area contributed by atoms with Crippen LogP contribution in [0.15, 0.2) is 65.2 Å². The van der Waals surface area contributed by atoms with Gasteiger partial charge < -0.3 is 9.88 Å². The summed E-state index contributed by atoms with van der Waals surface area (Å²) in [6.07, 6.45) is 3.96. The number of hydrogen-bond donors (Lipinski definition) is 1. The van der Waals surface area contributed by atoms with Crippen molar-refractivity contribution in [2.45, 2.75) is 19.9 Å². The SMILES string of the molecule is C/C=C/C(=O)NCCc1nc2ccccc2n1Cc1ccc(Br)cc1. The summed E-state index contributed by atoms with van der Waals surface area (Å²) in [5, 5.41) is 2.89. The molecule has 25 heavy (non-hydrogen) atoms. The van der Waals surface area contributed by atoms with Crippen molar-refractivity contribution in [3.05, 3.63) is 76.5 Å². The van der Waals surface area contributed by atoms with Crippen LogP contribution in [0.3, 0.4) is 0 Å². The second kappa shape index (κ2) is 8.12. The highest BCUT2D eigenvalue weighted by atomic mass is 79.9. The van der Waals surface area contributed by atoms with Crippen LogP contribution < -0.4 is 5.32 Å². The molecule has 0 radical (unpaired) electrons. The molecule has 2 aromatic carbocycles. The van der Waals surface area contributed by atoms with Crippen LogP contribution in [-0.2, 0) is 17.8 Å². The number of carbonyl (C=O) groups excluding carboxylic acids is 1. The predicted octanol–water partition coefficient (Wildman–Crippen LogP) is 4.08. The maximum Gasteiger partial charge on any atom is 0.243 e. The molecule has 0 aliphatic heterocycles. The van der Waals surface area contributed by atoms with Crippen LogP contribution in [0.5, 0.6) is 0 Å². The van der Waals surface area contributed by atoms with Gasteiger partial charge in [-0.1, -0.05) is 46.3 Å². The van der Waals surface area contributed by atoms with Gasteiger partial charge in [-0.15, -0.1) is 0 Å². The highest BCUT2D eigenvalue weighted by Crippen LogP contribution is 2.19. The molecule has 1 amide bonds. The van der Waals surface area contributed by atoms with Crippen LogP contribution in [0, 0.1) is 0 Å². The molecular formula is C20H20BrN3O. The van der Waals surface area contributed by atoms with Gasteiger partial charge in [0.05, 0.1) is 11.0 Å². The van der Waals surface area contributed by atoms with Gasteiger partial charge in [0.25, 0.3) is 0 Å². The summed E-state index contributed by atoms with van der Waals surface area (Å²) in [5.74, 6) is 0.906. The van der Waals surface area contributed by atoms with Crippen molar-refractivity contribution in [1.82, 2.24) is 14.9 Å². The topological polar surface area (TPSA) is 46.9 Å². The second-order valence-electron chi connectivity index (χ2n) is 5.77. The zero-order valence-electron chi connectivity index (χ0n) is 14.1. The molecule has 0 bridgehead atoms. The Bertz CT molecular complexity index is 897. The largest absolute Gasteiger partial charge is 0.352 e. The molecule has 1 aromatic heterocycles. The fourth-order valence-electron chi connectivity index (χ4n) is 2.77. The summed E-state index contributed by atoms with van der Waals surface area (Å²) in [7, 11) is 0. The number of aromatic nitrogens is 2. The third-order valence-corrected chi connectivity index (χ3v) is 4.48. The standard InChI is InChI=1S/C20H20BrN3O/c1-2-5-20(25)22-13-12-19-23-17-6-3-4-7-18(17)24(19)14-15-8-10-16(21)11-9-15/h2-11H,12-14H2,1H3,(H,22,25)/b5-2+. The Morgan fingerprint density at radius 2 is 1.96 bits per heavy atom. The number of nitrogens with zero attached hydrogens (tertiary/aromatic N) is 2. The number of rotatable bonds is 6. The molecule has 3 aromatic rings. The smallest absolute Gasteiger partial charge is 0.243 e. The zero-order valence-corrected chi connectivity index (χ0v) is 15.7. The highest BCUT2D eigenvalue weighted by molar-refractivity contribution is 9.10. The van der Waals surface area contributed by atoms with Crippen LogP contribution >= 0.6 is 15.9 Å². The van der Waals surface area contributed by atoms with Crippen LogP contribution in [0.2, 0.25) is 0 Å². The summed E-state index contributed by atoms with van der Waals surface area (Å²) < 4.78 is 3.29. The minimum atomic E-state index is -0.0712. The van der Waals surface area contributed by atoms with E-state index in [0.29, 0.717) is 13.0 Å². The number of amides is 1. The van der Waals surface area contributed by atoms with Gasteiger partial charge in [0.1, 0.15) is 5.82 Å². The van der Waals surface area contributed by atoms with E-state index in [4.69, 9.17) is 4.98 Å². The molecule has 1 N–H and O–H groups in total. The van der Waals surface area contributed by atoms with E-state index in [2.05, 4.69) is 44.0 Å². The summed E-state index contributed by atoms with van der Waals surface area (Å²) in [6, 6.07) is 16.4. The Kier molecular flexibility index (Phi) is 5.66. The van der Waals surface area contributed by atoms with Crippen molar-refractivity contribution in [3.8, 4) is 0 Å². The molecule has 3 rings (SSSR count). The van der Waals surface area contributed by atoms with Gasteiger partial charge in [-0.25, -0.2) is 4.98 Å². The molecule has 0 aliphatic carbocycles. The molecule has 0 saturated carbocycles. The van der Waals surface area contributed by atoms with Crippen LogP contribution in [-0.4, -0.2) is 22.0 Å². The van der Waals surface area contributed by atoms with Crippen molar-refractivity contribution < 1.29 is 4.79 Å². The van der Waals surface area contributed by atoms with Crippen molar-refractivity contribution in [3.63, 3.8) is 0 Å². The Morgan fingerprint density at radius 1 is 1.20 bits per heavy atom. The maximum absolute atomic E-state index is 11.6. The van der Waals surface area contributed by atoms with E-state index < -0.39 is 0 Å². The van der Waals surface area contributed by atoms with Gasteiger partial charge in [0, 0.05) is 24.0 Å². The average molecular weight is 398 g/mol. The zero-order chi connectivity index (χ0) is 17.6. The molecule has 0 atom stereocenters. The normalized spacial score (nSPS) is 11.3. The van der Waals surface area contributed by atoms with Gasteiger partial charge in [-0.2, -0.15) is 0 Å². The Morgan fingerprint density at radius 3 is 2.72 bits per heavy atom. The number of fused-ring (bicyclic) bond motifs is 1. The van der Waals surface area contributed by atoms with E-state index in [1.807, 2.05) is 37.3 Å². The Balaban J connectivity index is 1.84. The van der Waals surface area contributed by atoms with E-state index in [1.54, 1.807) is 6.08 Å². The summed E-state index contributed by atoms with van der Waals surface area (Å²) >= 11 is 3.47. The van der Waals surface area contributed by atoms with Crippen molar-refractivity contribution in [1.29, 1.82) is 0 Å². The van der Waals surface area contributed by atoms with Crippen molar-refractivity contribution in [2.75, 3.05) is 6.54 Å². The monoisotopic (exact) mass is 397 g/mol. The number of hydrogen-bond acceptors (Lipinski definition) is 2. The molecule has 0 spiro atoms. The van der Waals surface area contributed by atoms with E-state index in [-0.39, 0.29) is 5.91 Å². The fraction of sp³-hybridized carbons (Fsp3) is 0.200. The molecule has 128 valence electrons. The third-order valence-electron chi connectivity index (χ3n) is 3.95. The lowest BCUT2D eigenvalue weighted by atomic mass is 10.2. The summed E-state index contributed by atoms with van der Waals surface area (Å²) in [5.41, 5.74) is 3.31. The molecule has 0 aliphatic rings. The highest BCUT2D eigenvalue weighted by Gasteiger charge is 2.11. The molecule has 5 heteroatoms. The second-order valence-corrected chi connectivity index (χ2v) is 6.69. The number of allylic oxidation sites excluding steroid dienone is 1. The van der Waals surface area contributed by atoms with E-state index in [9.17, 15) is 4.79 Å². The first-order valence-corrected chi connectivity index (χ1v) is 9.06. The van der Waals surface area contributed by atoms with Gasteiger partial charge in [0.15, 0.2) is 0 Å². The number of benzene rings is 2. The number of imidazole rings is 1. The Hall–Kier alpha value is -2.40. The predicted molar refractivity (Wildman–Crippen MR) is 105 cm³/mol. The molecule has 1 heterocycles. The van der Waals surface area contributed by atoms with Crippen molar-refractivity contribution >= 4 is 32.9 Å². The minimum absolute atomic E-state index is 0.0712. The number of nitrogens with one attached hydrogen (secondary N) is 1. The molecule has 0 unspecified atom stereocenters. The van der Waals surface area contributed by atoms with Crippen molar-refractivity contribution in [2.24, 2.45) is 0 Å². The first-order valence-electron chi connectivity index (χ1n) is 8.26. The third kappa shape index (κ3) is 4.37. The minimum Gasteiger partial charge on any atom is -0.352 e. The quantitative estimate of drug-likeness (QED) is 0.636. The maximum atomic E-state index is 11.6. The van der Waals surface area contributed by atoms with E-state index in [0.717, 1.165) is 27.9 Å². The molecule has 0 saturated heterocycles. The number of para-hydroxylation sites is 2. The first-order chi connectivity index (χ1) is 12.2. The lowest BCUT2D eigenvalue weighted by molar-refractivity contribution is -0.116.